The molecular weight excluding hydrogens is 362 g/mol. The molecule has 0 heterocycles. The van der Waals surface area contributed by atoms with Gasteiger partial charge in [-0.1, -0.05) is 43.4 Å². The van der Waals surface area contributed by atoms with E-state index in [9.17, 15) is 9.59 Å². The molecule has 0 radical (unpaired) electrons. The van der Waals surface area contributed by atoms with Crippen LogP contribution < -0.4 is 4.90 Å². The van der Waals surface area contributed by atoms with Crippen molar-refractivity contribution in [2.75, 3.05) is 11.4 Å². The SMILES string of the molecule is CCCCC(=O)N(CC#Cc1ccc(C(=O)OC(C)(C)C)cc1)c1ccccc1. The molecule has 4 heteroatoms. The van der Waals surface area contributed by atoms with E-state index in [1.165, 1.54) is 0 Å². The van der Waals surface area contributed by atoms with Crippen LogP contribution in [0.4, 0.5) is 5.69 Å². The van der Waals surface area contributed by atoms with E-state index in [1.54, 1.807) is 29.2 Å². The van der Waals surface area contributed by atoms with Gasteiger partial charge in [0.2, 0.25) is 5.91 Å². The average Bonchev–Trinajstić information content (AvgIpc) is 2.69. The van der Waals surface area contributed by atoms with Gasteiger partial charge < -0.3 is 9.64 Å². The zero-order chi connectivity index (χ0) is 21.3. The number of esters is 1. The molecule has 2 aromatic rings. The van der Waals surface area contributed by atoms with Crippen molar-refractivity contribution in [1.82, 2.24) is 0 Å². The summed E-state index contributed by atoms with van der Waals surface area (Å²) in [6.45, 7) is 7.91. The second-order valence-corrected chi connectivity index (χ2v) is 7.80. The van der Waals surface area contributed by atoms with Crippen molar-refractivity contribution in [3.8, 4) is 11.8 Å². The molecule has 0 fully saturated rings. The first kappa shape index (κ1) is 22.2. The number of rotatable bonds is 6. The molecule has 4 nitrogen and oxygen atoms in total. The van der Waals surface area contributed by atoms with E-state index in [0.717, 1.165) is 24.1 Å². The van der Waals surface area contributed by atoms with Crippen LogP contribution in [0.3, 0.4) is 0 Å². The Morgan fingerprint density at radius 3 is 2.24 bits per heavy atom. The standard InChI is InChI=1S/C25H29NO3/c1-5-6-14-23(27)26(22-12-8-7-9-13-22)19-10-11-20-15-17-21(18-16-20)24(28)29-25(2,3)4/h7-9,12-13,15-18H,5-6,14,19H2,1-4H3. The lowest BCUT2D eigenvalue weighted by molar-refractivity contribution is -0.118. The van der Waals surface area contributed by atoms with E-state index >= 15 is 0 Å². The minimum atomic E-state index is -0.527. The highest BCUT2D eigenvalue weighted by molar-refractivity contribution is 5.93. The minimum absolute atomic E-state index is 0.0765. The lowest BCUT2D eigenvalue weighted by atomic mass is 10.1. The second-order valence-electron chi connectivity index (χ2n) is 7.80. The molecule has 0 aliphatic carbocycles. The number of unbranched alkanes of at least 4 members (excludes halogenated alkanes) is 1. The van der Waals surface area contributed by atoms with E-state index in [0.29, 0.717) is 18.5 Å². The number of carbonyl (C=O) groups is 2. The molecule has 2 rings (SSSR count). The fraction of sp³-hybridized carbons (Fsp3) is 0.360. The van der Waals surface area contributed by atoms with Gasteiger partial charge in [-0.05, 0) is 63.6 Å². The maximum atomic E-state index is 12.6. The molecular formula is C25H29NO3. The van der Waals surface area contributed by atoms with Crippen LogP contribution in [0.2, 0.25) is 0 Å². The Balaban J connectivity index is 2.08. The number of hydrogen-bond acceptors (Lipinski definition) is 3. The summed E-state index contributed by atoms with van der Waals surface area (Å²) in [7, 11) is 0. The van der Waals surface area contributed by atoms with Gasteiger partial charge in [-0.15, -0.1) is 0 Å². The summed E-state index contributed by atoms with van der Waals surface area (Å²) >= 11 is 0. The molecule has 0 aliphatic heterocycles. The molecule has 0 saturated heterocycles. The van der Waals surface area contributed by atoms with Crippen LogP contribution in [0.5, 0.6) is 0 Å². The first-order chi connectivity index (χ1) is 13.8. The molecule has 1 amide bonds. The van der Waals surface area contributed by atoms with Gasteiger partial charge in [-0.3, -0.25) is 4.79 Å². The van der Waals surface area contributed by atoms with Crippen molar-refractivity contribution in [2.45, 2.75) is 52.6 Å². The van der Waals surface area contributed by atoms with Crippen LogP contribution >= 0.6 is 0 Å². The summed E-state index contributed by atoms with van der Waals surface area (Å²) in [6.07, 6.45) is 2.35. The quantitative estimate of drug-likeness (QED) is 0.501. The van der Waals surface area contributed by atoms with Crippen molar-refractivity contribution in [2.24, 2.45) is 0 Å². The number of para-hydroxylation sites is 1. The number of amides is 1. The Morgan fingerprint density at radius 2 is 1.66 bits per heavy atom. The van der Waals surface area contributed by atoms with Gasteiger partial charge in [-0.2, -0.15) is 0 Å². The highest BCUT2D eigenvalue weighted by Crippen LogP contribution is 2.15. The van der Waals surface area contributed by atoms with Crippen molar-refractivity contribution in [1.29, 1.82) is 0 Å². The molecule has 0 atom stereocenters. The third-order valence-corrected chi connectivity index (χ3v) is 4.10. The first-order valence-corrected chi connectivity index (χ1v) is 9.98. The lowest BCUT2D eigenvalue weighted by Crippen LogP contribution is -2.31. The van der Waals surface area contributed by atoms with Crippen molar-refractivity contribution in [3.05, 3.63) is 65.7 Å². The summed E-state index contributed by atoms with van der Waals surface area (Å²) in [5.41, 5.74) is 1.60. The van der Waals surface area contributed by atoms with Crippen LogP contribution in [-0.2, 0) is 9.53 Å². The van der Waals surface area contributed by atoms with Crippen LogP contribution in [0, 0.1) is 11.8 Å². The number of carbonyl (C=O) groups excluding carboxylic acids is 2. The second kappa shape index (κ2) is 10.5. The summed E-state index contributed by atoms with van der Waals surface area (Å²) in [6, 6.07) is 16.6. The summed E-state index contributed by atoms with van der Waals surface area (Å²) < 4.78 is 5.36. The van der Waals surface area contributed by atoms with Crippen LogP contribution in [0.1, 0.15) is 62.9 Å². The fourth-order valence-electron chi connectivity index (χ4n) is 2.64. The number of anilines is 1. The van der Waals surface area contributed by atoms with Gasteiger partial charge in [0.05, 0.1) is 12.1 Å². The molecule has 0 N–H and O–H groups in total. The molecule has 0 bridgehead atoms. The highest BCUT2D eigenvalue weighted by atomic mass is 16.6. The monoisotopic (exact) mass is 391 g/mol. The van der Waals surface area contributed by atoms with Gasteiger partial charge >= 0.3 is 5.97 Å². The molecule has 0 saturated carbocycles. The molecule has 0 aromatic heterocycles. The average molecular weight is 392 g/mol. The van der Waals surface area contributed by atoms with E-state index in [4.69, 9.17) is 4.74 Å². The predicted molar refractivity (Wildman–Crippen MR) is 117 cm³/mol. The van der Waals surface area contributed by atoms with Gasteiger partial charge in [0.25, 0.3) is 0 Å². The topological polar surface area (TPSA) is 46.6 Å². The molecule has 0 aliphatic rings. The van der Waals surface area contributed by atoms with E-state index in [-0.39, 0.29) is 11.9 Å². The Hall–Kier alpha value is -3.06. The van der Waals surface area contributed by atoms with Crippen LogP contribution in [-0.4, -0.2) is 24.0 Å². The van der Waals surface area contributed by atoms with Gasteiger partial charge in [0.15, 0.2) is 0 Å². The molecule has 0 spiro atoms. The largest absolute Gasteiger partial charge is 0.456 e. The first-order valence-electron chi connectivity index (χ1n) is 9.98. The molecule has 0 unspecified atom stereocenters. The smallest absolute Gasteiger partial charge is 0.338 e. The van der Waals surface area contributed by atoms with E-state index in [1.807, 2.05) is 51.1 Å². The van der Waals surface area contributed by atoms with Crippen molar-refractivity contribution < 1.29 is 14.3 Å². The Kier molecular flexibility index (Phi) is 8.03. The van der Waals surface area contributed by atoms with Crippen LogP contribution in [0.25, 0.3) is 0 Å². The zero-order valence-electron chi connectivity index (χ0n) is 17.7. The van der Waals surface area contributed by atoms with Crippen molar-refractivity contribution >= 4 is 17.6 Å². The number of hydrogen-bond donors (Lipinski definition) is 0. The normalized spacial score (nSPS) is 10.6. The van der Waals surface area contributed by atoms with Crippen molar-refractivity contribution in [3.63, 3.8) is 0 Å². The predicted octanol–water partition coefficient (Wildman–Crippen LogP) is 5.22. The Bertz CT molecular complexity index is 868. The maximum Gasteiger partial charge on any atom is 0.338 e. The highest BCUT2D eigenvalue weighted by Gasteiger charge is 2.17. The zero-order valence-corrected chi connectivity index (χ0v) is 17.7. The van der Waals surface area contributed by atoms with E-state index < -0.39 is 5.60 Å². The fourth-order valence-corrected chi connectivity index (χ4v) is 2.64. The number of ether oxygens (including phenoxy) is 1. The lowest BCUT2D eigenvalue weighted by Gasteiger charge is -2.20. The molecule has 2 aromatic carbocycles. The third kappa shape index (κ3) is 7.46. The summed E-state index contributed by atoms with van der Waals surface area (Å²) in [5, 5.41) is 0. The molecule has 152 valence electrons. The van der Waals surface area contributed by atoms with Gasteiger partial charge in [0.1, 0.15) is 5.60 Å². The summed E-state index contributed by atoms with van der Waals surface area (Å²) in [4.78, 5) is 26.4. The van der Waals surface area contributed by atoms with Crippen LogP contribution in [0.15, 0.2) is 54.6 Å². The Morgan fingerprint density at radius 1 is 1.00 bits per heavy atom. The third-order valence-electron chi connectivity index (χ3n) is 4.10. The number of nitrogens with zero attached hydrogens (tertiary/aromatic N) is 1. The maximum absolute atomic E-state index is 12.6. The molecule has 29 heavy (non-hydrogen) atoms. The van der Waals surface area contributed by atoms with Gasteiger partial charge in [0, 0.05) is 17.7 Å². The van der Waals surface area contributed by atoms with Gasteiger partial charge in [-0.25, -0.2) is 4.79 Å². The number of benzene rings is 2. The summed E-state index contributed by atoms with van der Waals surface area (Å²) in [5.74, 6) is 5.88. The Labute approximate surface area is 173 Å². The van der Waals surface area contributed by atoms with E-state index in [2.05, 4.69) is 18.8 Å². The minimum Gasteiger partial charge on any atom is -0.456 e.